The topological polar surface area (TPSA) is 29.1 Å². The monoisotopic (exact) mass is 449 g/mol. The highest BCUT2D eigenvalue weighted by Crippen LogP contribution is 2.27. The van der Waals surface area contributed by atoms with Crippen LogP contribution in [0.25, 0.3) is 0 Å². The summed E-state index contributed by atoms with van der Waals surface area (Å²) in [5.41, 5.74) is 0.566. The van der Waals surface area contributed by atoms with Gasteiger partial charge in [-0.15, -0.1) is 0 Å². The number of anilines is 1. The molecular weight excluding hydrogens is 445 g/mol. The molecule has 0 saturated carbocycles. The number of amides is 1. The molecule has 2 nitrogen and oxygen atoms in total. The van der Waals surface area contributed by atoms with Crippen LogP contribution in [-0.4, -0.2) is 5.91 Å². The maximum absolute atomic E-state index is 13.8. The standard InChI is InChI=1S/C13H7Br3FNO/c14-7-4-5-11(10(16)6-7)18-13(19)8-2-1-3-9(15)12(8)17/h1-6H,(H,18,19). The molecular formula is C13H7Br3FNO. The summed E-state index contributed by atoms with van der Waals surface area (Å²) in [7, 11) is 0. The molecule has 0 aromatic heterocycles. The predicted molar refractivity (Wildman–Crippen MR) is 83.9 cm³/mol. The van der Waals surface area contributed by atoms with Crippen molar-refractivity contribution in [1.82, 2.24) is 0 Å². The molecule has 98 valence electrons. The van der Waals surface area contributed by atoms with E-state index in [0.29, 0.717) is 10.2 Å². The van der Waals surface area contributed by atoms with Crippen LogP contribution in [-0.2, 0) is 0 Å². The Labute approximate surface area is 134 Å². The largest absolute Gasteiger partial charge is 0.321 e. The molecule has 0 saturated heterocycles. The fourth-order valence-corrected chi connectivity index (χ4v) is 2.97. The van der Waals surface area contributed by atoms with Gasteiger partial charge >= 0.3 is 0 Å². The van der Waals surface area contributed by atoms with Gasteiger partial charge in [-0.05, 0) is 62.2 Å². The van der Waals surface area contributed by atoms with Crippen LogP contribution in [0.4, 0.5) is 10.1 Å². The van der Waals surface area contributed by atoms with E-state index in [1.54, 1.807) is 30.3 Å². The quantitative estimate of drug-likeness (QED) is 0.653. The van der Waals surface area contributed by atoms with Crippen molar-refractivity contribution in [3.05, 3.63) is 61.2 Å². The highest BCUT2D eigenvalue weighted by Gasteiger charge is 2.14. The molecule has 0 spiro atoms. The second kappa shape index (κ2) is 6.15. The molecule has 2 aromatic rings. The first-order valence-corrected chi connectivity index (χ1v) is 7.57. The molecule has 1 N–H and O–H groups in total. The Morgan fingerprint density at radius 1 is 1.05 bits per heavy atom. The second-order valence-electron chi connectivity index (χ2n) is 3.68. The zero-order valence-electron chi connectivity index (χ0n) is 9.38. The number of nitrogens with one attached hydrogen (secondary N) is 1. The maximum Gasteiger partial charge on any atom is 0.258 e. The van der Waals surface area contributed by atoms with Crippen LogP contribution in [0, 0.1) is 5.82 Å². The second-order valence-corrected chi connectivity index (χ2v) is 6.30. The van der Waals surface area contributed by atoms with Gasteiger partial charge in [-0.2, -0.15) is 0 Å². The highest BCUT2D eigenvalue weighted by atomic mass is 79.9. The molecule has 6 heteroatoms. The van der Waals surface area contributed by atoms with Gasteiger partial charge in [-0.1, -0.05) is 22.0 Å². The zero-order valence-corrected chi connectivity index (χ0v) is 14.1. The SMILES string of the molecule is O=C(Nc1ccc(Br)cc1Br)c1cccc(Br)c1F. The minimum absolute atomic E-state index is 0.0100. The van der Waals surface area contributed by atoms with E-state index in [-0.39, 0.29) is 10.0 Å². The summed E-state index contributed by atoms with van der Waals surface area (Å²) in [4.78, 5) is 12.0. The van der Waals surface area contributed by atoms with Crippen molar-refractivity contribution < 1.29 is 9.18 Å². The van der Waals surface area contributed by atoms with Crippen molar-refractivity contribution in [2.75, 3.05) is 5.32 Å². The first-order chi connectivity index (χ1) is 8.99. The number of benzene rings is 2. The molecule has 2 rings (SSSR count). The molecule has 0 atom stereocenters. The third-order valence-corrected chi connectivity index (χ3v) is 4.14. The number of carbonyl (C=O) groups is 1. The van der Waals surface area contributed by atoms with E-state index in [2.05, 4.69) is 53.1 Å². The van der Waals surface area contributed by atoms with Crippen LogP contribution in [0.2, 0.25) is 0 Å². The fraction of sp³-hybridized carbons (Fsp3) is 0. The van der Waals surface area contributed by atoms with Gasteiger partial charge in [0.15, 0.2) is 0 Å². The average Bonchev–Trinajstić information content (AvgIpc) is 2.36. The Balaban J connectivity index is 2.28. The first-order valence-electron chi connectivity index (χ1n) is 5.19. The normalized spacial score (nSPS) is 10.3. The third-order valence-electron chi connectivity index (χ3n) is 2.38. The van der Waals surface area contributed by atoms with Crippen molar-refractivity contribution in [1.29, 1.82) is 0 Å². The van der Waals surface area contributed by atoms with Crippen molar-refractivity contribution in [3.8, 4) is 0 Å². The van der Waals surface area contributed by atoms with Gasteiger partial charge in [0, 0.05) is 8.95 Å². The number of hydrogen-bond acceptors (Lipinski definition) is 1. The van der Waals surface area contributed by atoms with Crippen LogP contribution in [0.1, 0.15) is 10.4 Å². The van der Waals surface area contributed by atoms with Gasteiger partial charge in [-0.25, -0.2) is 4.39 Å². The number of hydrogen-bond donors (Lipinski definition) is 1. The van der Waals surface area contributed by atoms with E-state index in [9.17, 15) is 9.18 Å². The van der Waals surface area contributed by atoms with Crippen molar-refractivity contribution in [2.24, 2.45) is 0 Å². The van der Waals surface area contributed by atoms with E-state index >= 15 is 0 Å². The molecule has 19 heavy (non-hydrogen) atoms. The van der Waals surface area contributed by atoms with Crippen LogP contribution in [0.5, 0.6) is 0 Å². The van der Waals surface area contributed by atoms with E-state index in [1.165, 1.54) is 6.07 Å². The molecule has 0 heterocycles. The van der Waals surface area contributed by atoms with Crippen molar-refractivity contribution >= 4 is 59.4 Å². The van der Waals surface area contributed by atoms with Crippen molar-refractivity contribution in [2.45, 2.75) is 0 Å². The van der Waals surface area contributed by atoms with Crippen LogP contribution in [0.15, 0.2) is 49.8 Å². The Bertz CT molecular complexity index is 646. The minimum atomic E-state index is -0.576. The predicted octanol–water partition coefficient (Wildman–Crippen LogP) is 5.37. The van der Waals surface area contributed by atoms with E-state index in [1.807, 2.05) is 0 Å². The maximum atomic E-state index is 13.8. The van der Waals surface area contributed by atoms with E-state index in [0.717, 1.165) is 4.47 Å². The van der Waals surface area contributed by atoms with Gasteiger partial charge < -0.3 is 5.32 Å². The lowest BCUT2D eigenvalue weighted by molar-refractivity contribution is 0.102. The fourth-order valence-electron chi connectivity index (χ4n) is 1.46. The molecule has 0 aliphatic heterocycles. The van der Waals surface area contributed by atoms with Gasteiger partial charge in [0.25, 0.3) is 5.91 Å². The highest BCUT2D eigenvalue weighted by molar-refractivity contribution is 9.11. The molecule has 0 unspecified atom stereocenters. The Morgan fingerprint density at radius 2 is 1.79 bits per heavy atom. The first kappa shape index (κ1) is 14.7. The van der Waals surface area contributed by atoms with Gasteiger partial charge in [0.1, 0.15) is 5.82 Å². The average molecular weight is 452 g/mol. The lowest BCUT2D eigenvalue weighted by Gasteiger charge is -2.09. The summed E-state index contributed by atoms with van der Waals surface area (Å²) in [5, 5.41) is 2.65. The number of carbonyl (C=O) groups excluding carboxylic acids is 1. The Morgan fingerprint density at radius 3 is 2.47 bits per heavy atom. The van der Waals surface area contributed by atoms with Crippen LogP contribution >= 0.6 is 47.8 Å². The number of halogens is 4. The Kier molecular flexibility index (Phi) is 4.76. The molecule has 2 aromatic carbocycles. The Hall–Kier alpha value is -0.720. The summed E-state index contributed by atoms with van der Waals surface area (Å²) in [5.74, 6) is -1.07. The summed E-state index contributed by atoms with van der Waals surface area (Å²) in [6.45, 7) is 0. The summed E-state index contributed by atoms with van der Waals surface area (Å²) in [6, 6.07) is 9.90. The van der Waals surface area contributed by atoms with Gasteiger partial charge in [-0.3, -0.25) is 4.79 Å². The van der Waals surface area contributed by atoms with Gasteiger partial charge in [0.2, 0.25) is 0 Å². The third kappa shape index (κ3) is 3.43. The molecule has 1 amide bonds. The zero-order chi connectivity index (χ0) is 14.0. The summed E-state index contributed by atoms with van der Waals surface area (Å²) < 4.78 is 15.6. The van der Waals surface area contributed by atoms with E-state index in [4.69, 9.17) is 0 Å². The van der Waals surface area contributed by atoms with E-state index < -0.39 is 11.7 Å². The van der Waals surface area contributed by atoms with Crippen molar-refractivity contribution in [3.63, 3.8) is 0 Å². The van der Waals surface area contributed by atoms with Crippen LogP contribution < -0.4 is 5.32 Å². The van der Waals surface area contributed by atoms with Crippen LogP contribution in [0.3, 0.4) is 0 Å². The summed E-state index contributed by atoms with van der Waals surface area (Å²) >= 11 is 9.71. The molecule has 0 fully saturated rings. The molecule has 0 radical (unpaired) electrons. The minimum Gasteiger partial charge on any atom is -0.321 e. The molecule has 0 aliphatic rings. The lowest BCUT2D eigenvalue weighted by atomic mass is 10.2. The smallest absolute Gasteiger partial charge is 0.258 e. The number of rotatable bonds is 2. The summed E-state index contributed by atoms with van der Waals surface area (Å²) in [6.07, 6.45) is 0. The lowest BCUT2D eigenvalue weighted by Crippen LogP contribution is -2.14. The van der Waals surface area contributed by atoms with Gasteiger partial charge in [0.05, 0.1) is 15.7 Å². The molecule has 0 bridgehead atoms. The molecule has 0 aliphatic carbocycles.